The number of aryl methyl sites for hydroxylation is 1. The Morgan fingerprint density at radius 3 is 2.90 bits per heavy atom. The zero-order valence-corrected chi connectivity index (χ0v) is 11.6. The number of nitrogens with zero attached hydrogens (tertiary/aromatic N) is 2. The first kappa shape index (κ1) is 14.9. The molecule has 0 saturated heterocycles. The van der Waals surface area contributed by atoms with E-state index in [2.05, 4.69) is 16.8 Å². The molecule has 1 heterocycles. The summed E-state index contributed by atoms with van der Waals surface area (Å²) in [7, 11) is 0. The summed E-state index contributed by atoms with van der Waals surface area (Å²) in [6.07, 6.45) is 1.79. The summed E-state index contributed by atoms with van der Waals surface area (Å²) in [5, 5.41) is 8.74. The van der Waals surface area contributed by atoms with Crippen molar-refractivity contribution < 1.29 is 9.50 Å². The monoisotopic (exact) mass is 286 g/mol. The maximum absolute atomic E-state index is 13.3. The molecule has 0 amide bonds. The predicted molar refractivity (Wildman–Crippen MR) is 77.3 cm³/mol. The van der Waals surface area contributed by atoms with E-state index in [0.29, 0.717) is 17.7 Å². The molecule has 0 fully saturated rings. The van der Waals surface area contributed by atoms with Crippen molar-refractivity contribution in [2.24, 2.45) is 0 Å². The molecule has 2 rings (SSSR count). The van der Waals surface area contributed by atoms with E-state index >= 15 is 0 Å². The topological polar surface area (TPSA) is 55.1 Å². The van der Waals surface area contributed by atoms with Crippen molar-refractivity contribution in [1.82, 2.24) is 9.55 Å². The summed E-state index contributed by atoms with van der Waals surface area (Å²) < 4.78 is 14.8. The number of aliphatic hydroxyl groups is 1. The van der Waals surface area contributed by atoms with E-state index in [-0.39, 0.29) is 24.5 Å². The van der Waals surface area contributed by atoms with E-state index in [1.54, 1.807) is 13.0 Å². The molecule has 0 unspecified atom stereocenters. The molecule has 0 aliphatic heterocycles. The Morgan fingerprint density at radius 1 is 1.38 bits per heavy atom. The molecule has 1 aromatic carbocycles. The minimum Gasteiger partial charge on any atom is -0.395 e. The summed E-state index contributed by atoms with van der Waals surface area (Å²) in [5.41, 5.74) is 1.73. The summed E-state index contributed by atoms with van der Waals surface area (Å²) in [6, 6.07) is 5.71. The van der Waals surface area contributed by atoms with Crippen LogP contribution in [0.5, 0.6) is 0 Å². The average Bonchev–Trinajstić information content (AvgIpc) is 2.44. The van der Waals surface area contributed by atoms with Crippen molar-refractivity contribution in [1.29, 1.82) is 0 Å². The molecule has 21 heavy (non-hydrogen) atoms. The Balaban J connectivity index is 2.35. The van der Waals surface area contributed by atoms with Crippen LogP contribution in [0.4, 0.5) is 4.39 Å². The summed E-state index contributed by atoms with van der Waals surface area (Å²) in [4.78, 5) is 15.9. The largest absolute Gasteiger partial charge is 0.395 e. The molecule has 0 atom stereocenters. The fraction of sp³-hybridized carbons (Fsp3) is 0.250. The van der Waals surface area contributed by atoms with Crippen LogP contribution in [0.2, 0.25) is 0 Å². The van der Waals surface area contributed by atoms with Crippen molar-refractivity contribution in [3.05, 3.63) is 63.6 Å². The lowest BCUT2D eigenvalue weighted by molar-refractivity contribution is 0.305. The molecule has 0 bridgehead atoms. The van der Waals surface area contributed by atoms with Crippen LogP contribution in [0.25, 0.3) is 0 Å². The van der Waals surface area contributed by atoms with Gasteiger partial charge < -0.3 is 5.11 Å². The highest BCUT2D eigenvalue weighted by molar-refractivity contribution is 5.41. The van der Waals surface area contributed by atoms with Gasteiger partial charge in [-0.15, -0.1) is 0 Å². The molecule has 4 nitrogen and oxygen atoms in total. The summed E-state index contributed by atoms with van der Waals surface area (Å²) in [6.45, 7) is 1.98. The SMILES string of the molecule is Cc1cc(=O)n(Cc2ccc(F)cc2C#CCCO)cn1. The lowest BCUT2D eigenvalue weighted by Gasteiger charge is -2.08. The number of aromatic nitrogens is 2. The predicted octanol–water partition coefficient (Wildman–Crippen LogP) is 1.47. The molecule has 108 valence electrons. The normalized spacial score (nSPS) is 10.0. The van der Waals surface area contributed by atoms with Gasteiger partial charge in [-0.1, -0.05) is 17.9 Å². The molecule has 0 spiro atoms. The molecule has 2 aromatic rings. The molecule has 1 N–H and O–H groups in total. The molecule has 0 aliphatic carbocycles. The molecule has 0 radical (unpaired) electrons. The van der Waals surface area contributed by atoms with Gasteiger partial charge in [-0.2, -0.15) is 0 Å². The number of benzene rings is 1. The number of aliphatic hydroxyl groups excluding tert-OH is 1. The van der Waals surface area contributed by atoms with Crippen molar-refractivity contribution >= 4 is 0 Å². The smallest absolute Gasteiger partial charge is 0.253 e. The molecular weight excluding hydrogens is 271 g/mol. The van der Waals surface area contributed by atoms with Gasteiger partial charge in [-0.05, 0) is 24.6 Å². The van der Waals surface area contributed by atoms with E-state index in [1.165, 1.54) is 29.1 Å². The van der Waals surface area contributed by atoms with E-state index in [9.17, 15) is 9.18 Å². The lowest BCUT2D eigenvalue weighted by atomic mass is 10.1. The van der Waals surface area contributed by atoms with Gasteiger partial charge in [0.25, 0.3) is 5.56 Å². The third-order valence-electron chi connectivity index (χ3n) is 2.89. The quantitative estimate of drug-likeness (QED) is 0.869. The van der Waals surface area contributed by atoms with Crippen LogP contribution >= 0.6 is 0 Å². The fourth-order valence-electron chi connectivity index (χ4n) is 1.84. The van der Waals surface area contributed by atoms with Crippen LogP contribution in [0.1, 0.15) is 23.2 Å². The standard InChI is InChI=1S/C16H15FN2O2/c1-12-8-16(21)19(11-18-12)10-14-5-6-15(17)9-13(14)4-2-3-7-20/h5-6,8-9,11,20H,3,7,10H2,1H3. The highest BCUT2D eigenvalue weighted by Crippen LogP contribution is 2.11. The number of hydrogen-bond donors (Lipinski definition) is 1. The maximum atomic E-state index is 13.3. The van der Waals surface area contributed by atoms with Gasteiger partial charge in [0, 0.05) is 23.7 Å². The van der Waals surface area contributed by atoms with Gasteiger partial charge >= 0.3 is 0 Å². The second kappa shape index (κ2) is 6.82. The van der Waals surface area contributed by atoms with Gasteiger partial charge in [0.15, 0.2) is 0 Å². The van der Waals surface area contributed by atoms with E-state index in [4.69, 9.17) is 5.11 Å². The van der Waals surface area contributed by atoms with Crippen molar-refractivity contribution in [2.45, 2.75) is 19.9 Å². The molecule has 0 saturated carbocycles. The van der Waals surface area contributed by atoms with Gasteiger partial charge in [0.05, 0.1) is 19.5 Å². The number of halogens is 1. The van der Waals surface area contributed by atoms with E-state index < -0.39 is 0 Å². The van der Waals surface area contributed by atoms with Crippen LogP contribution in [-0.4, -0.2) is 21.3 Å². The Hall–Kier alpha value is -2.45. The minimum atomic E-state index is -0.388. The third-order valence-corrected chi connectivity index (χ3v) is 2.89. The van der Waals surface area contributed by atoms with Crippen LogP contribution in [0.3, 0.4) is 0 Å². The Morgan fingerprint density at radius 2 is 2.19 bits per heavy atom. The Kier molecular flexibility index (Phi) is 4.85. The molecule has 0 aliphatic rings. The van der Waals surface area contributed by atoms with Crippen LogP contribution in [-0.2, 0) is 6.54 Å². The van der Waals surface area contributed by atoms with Gasteiger partial charge in [0.1, 0.15) is 5.82 Å². The fourth-order valence-corrected chi connectivity index (χ4v) is 1.84. The second-order valence-electron chi connectivity index (χ2n) is 4.57. The highest BCUT2D eigenvalue weighted by Gasteiger charge is 2.05. The first-order chi connectivity index (χ1) is 10.1. The van der Waals surface area contributed by atoms with E-state index in [0.717, 1.165) is 5.56 Å². The Labute approximate surface area is 121 Å². The van der Waals surface area contributed by atoms with Crippen LogP contribution in [0, 0.1) is 24.6 Å². The van der Waals surface area contributed by atoms with E-state index in [1.807, 2.05) is 0 Å². The number of hydrogen-bond acceptors (Lipinski definition) is 3. The van der Waals surface area contributed by atoms with Crippen molar-refractivity contribution in [3.8, 4) is 11.8 Å². The number of rotatable bonds is 3. The molecular formula is C16H15FN2O2. The summed E-state index contributed by atoms with van der Waals surface area (Å²) >= 11 is 0. The van der Waals surface area contributed by atoms with Gasteiger partial charge in [-0.3, -0.25) is 9.36 Å². The van der Waals surface area contributed by atoms with Gasteiger partial charge in [0.2, 0.25) is 0 Å². The zero-order valence-electron chi connectivity index (χ0n) is 11.6. The molecule has 1 aromatic heterocycles. The Bertz CT molecular complexity index is 757. The highest BCUT2D eigenvalue weighted by atomic mass is 19.1. The van der Waals surface area contributed by atoms with Gasteiger partial charge in [-0.25, -0.2) is 9.37 Å². The van der Waals surface area contributed by atoms with Crippen molar-refractivity contribution in [3.63, 3.8) is 0 Å². The molecule has 5 heteroatoms. The zero-order chi connectivity index (χ0) is 15.2. The minimum absolute atomic E-state index is 0.0427. The second-order valence-corrected chi connectivity index (χ2v) is 4.57. The van der Waals surface area contributed by atoms with Crippen molar-refractivity contribution in [2.75, 3.05) is 6.61 Å². The average molecular weight is 286 g/mol. The van der Waals surface area contributed by atoms with Crippen LogP contribution < -0.4 is 5.56 Å². The first-order valence-electron chi connectivity index (χ1n) is 6.51. The lowest BCUT2D eigenvalue weighted by Crippen LogP contribution is -2.21. The first-order valence-corrected chi connectivity index (χ1v) is 6.51. The maximum Gasteiger partial charge on any atom is 0.253 e. The third kappa shape index (κ3) is 4.01. The van der Waals surface area contributed by atoms with Crippen LogP contribution in [0.15, 0.2) is 35.4 Å². The summed E-state index contributed by atoms with van der Waals surface area (Å²) in [5.74, 6) is 5.19.